The van der Waals surface area contributed by atoms with Gasteiger partial charge in [0.25, 0.3) is 5.91 Å². The Morgan fingerprint density at radius 3 is 2.68 bits per heavy atom. The van der Waals surface area contributed by atoms with Crippen molar-refractivity contribution < 1.29 is 14.4 Å². The Hall–Kier alpha value is -4.27. The van der Waals surface area contributed by atoms with Gasteiger partial charge in [-0.15, -0.1) is 0 Å². The van der Waals surface area contributed by atoms with Crippen molar-refractivity contribution >= 4 is 35.5 Å². The lowest BCUT2D eigenvalue weighted by Crippen LogP contribution is -2.34. The molecule has 0 saturated carbocycles. The molecule has 9 nitrogen and oxygen atoms in total. The first kappa shape index (κ1) is 21.6. The Labute approximate surface area is 196 Å². The predicted molar refractivity (Wildman–Crippen MR) is 128 cm³/mol. The molecule has 0 aliphatic carbocycles. The largest absolute Gasteiger partial charge is 0.343 e. The molecular weight excluding hydrogens is 432 g/mol. The highest BCUT2D eigenvalue weighted by Gasteiger charge is 2.21. The quantitative estimate of drug-likeness (QED) is 0.585. The summed E-state index contributed by atoms with van der Waals surface area (Å²) in [6.07, 6.45) is 3.49. The van der Waals surface area contributed by atoms with Gasteiger partial charge < -0.3 is 20.4 Å². The molecule has 172 valence electrons. The van der Waals surface area contributed by atoms with Gasteiger partial charge in [0, 0.05) is 54.8 Å². The molecule has 0 radical (unpaired) electrons. The zero-order valence-electron chi connectivity index (χ0n) is 18.5. The van der Waals surface area contributed by atoms with Gasteiger partial charge in [-0.3, -0.25) is 14.4 Å². The summed E-state index contributed by atoms with van der Waals surface area (Å²) < 4.78 is 0. The van der Waals surface area contributed by atoms with Gasteiger partial charge in [0.1, 0.15) is 0 Å². The van der Waals surface area contributed by atoms with Gasteiger partial charge in [-0.1, -0.05) is 18.2 Å². The number of hydrogen-bond acceptors (Lipinski definition) is 6. The van der Waals surface area contributed by atoms with Gasteiger partial charge in [-0.05, 0) is 36.8 Å². The van der Waals surface area contributed by atoms with E-state index in [4.69, 9.17) is 0 Å². The van der Waals surface area contributed by atoms with Crippen molar-refractivity contribution in [1.29, 1.82) is 0 Å². The van der Waals surface area contributed by atoms with E-state index < -0.39 is 0 Å². The first-order valence-corrected chi connectivity index (χ1v) is 11.2. The lowest BCUT2D eigenvalue weighted by atomic mass is 10.1. The van der Waals surface area contributed by atoms with Crippen LogP contribution in [0.3, 0.4) is 0 Å². The third-order valence-corrected chi connectivity index (χ3v) is 6.03. The van der Waals surface area contributed by atoms with Crippen molar-refractivity contribution in [3.8, 4) is 11.3 Å². The summed E-state index contributed by atoms with van der Waals surface area (Å²) in [5.41, 5.74) is 4.38. The monoisotopic (exact) mass is 456 g/mol. The number of aromatic nitrogens is 2. The number of anilines is 3. The summed E-state index contributed by atoms with van der Waals surface area (Å²) in [5, 5.41) is 6.10. The summed E-state index contributed by atoms with van der Waals surface area (Å²) in [4.78, 5) is 48.7. The molecule has 5 rings (SSSR count). The van der Waals surface area contributed by atoms with Gasteiger partial charge >= 0.3 is 0 Å². The maximum atomic E-state index is 12.9. The van der Waals surface area contributed by atoms with Crippen LogP contribution in [0, 0.1) is 0 Å². The van der Waals surface area contributed by atoms with Crippen LogP contribution in [0.2, 0.25) is 0 Å². The van der Waals surface area contributed by atoms with E-state index in [0.717, 1.165) is 35.3 Å². The second kappa shape index (κ2) is 9.30. The Morgan fingerprint density at radius 2 is 1.85 bits per heavy atom. The molecule has 0 spiro atoms. The average Bonchev–Trinajstić information content (AvgIpc) is 3.18. The van der Waals surface area contributed by atoms with Crippen LogP contribution in [0.1, 0.15) is 22.3 Å². The van der Waals surface area contributed by atoms with Crippen LogP contribution in [0.5, 0.6) is 0 Å². The Morgan fingerprint density at radius 1 is 1.03 bits per heavy atom. The molecule has 0 bridgehead atoms. The van der Waals surface area contributed by atoms with Crippen molar-refractivity contribution in [2.45, 2.75) is 12.8 Å². The molecule has 34 heavy (non-hydrogen) atoms. The van der Waals surface area contributed by atoms with E-state index in [1.807, 2.05) is 36.4 Å². The number of rotatable bonds is 4. The summed E-state index contributed by atoms with van der Waals surface area (Å²) in [7, 11) is 0. The Bertz CT molecular complexity index is 1240. The van der Waals surface area contributed by atoms with Gasteiger partial charge in [0.2, 0.25) is 18.3 Å². The number of carbonyl (C=O) groups excluding carboxylic acids is 3. The minimum atomic E-state index is -0.0981. The SMILES string of the molecule is O=CN1CCCN(C(=O)c2ccc(Nc3ncc4c(n3)-c3ccccc3NC(=O)C4)cc2)CC1. The summed E-state index contributed by atoms with van der Waals surface area (Å²) in [6.45, 7) is 2.38. The predicted octanol–water partition coefficient (Wildman–Crippen LogP) is 2.69. The zero-order chi connectivity index (χ0) is 23.5. The molecule has 1 saturated heterocycles. The number of nitrogens with one attached hydrogen (secondary N) is 2. The number of fused-ring (bicyclic) bond motifs is 3. The first-order chi connectivity index (χ1) is 16.6. The van der Waals surface area contributed by atoms with Crippen LogP contribution in [-0.4, -0.2) is 64.2 Å². The van der Waals surface area contributed by atoms with E-state index >= 15 is 0 Å². The topological polar surface area (TPSA) is 108 Å². The molecule has 2 aliphatic rings. The van der Waals surface area contributed by atoms with E-state index in [2.05, 4.69) is 20.6 Å². The molecular formula is C25H24N6O3. The first-order valence-electron chi connectivity index (χ1n) is 11.2. The maximum Gasteiger partial charge on any atom is 0.253 e. The van der Waals surface area contributed by atoms with Crippen LogP contribution < -0.4 is 10.6 Å². The van der Waals surface area contributed by atoms with Crippen molar-refractivity contribution in [1.82, 2.24) is 19.8 Å². The fraction of sp³-hybridized carbons (Fsp3) is 0.240. The molecule has 1 aromatic heterocycles. The smallest absolute Gasteiger partial charge is 0.253 e. The van der Waals surface area contributed by atoms with Crippen molar-refractivity contribution in [2.24, 2.45) is 0 Å². The average molecular weight is 457 g/mol. The van der Waals surface area contributed by atoms with Crippen LogP contribution >= 0.6 is 0 Å². The third-order valence-electron chi connectivity index (χ3n) is 6.03. The fourth-order valence-electron chi connectivity index (χ4n) is 4.25. The molecule has 3 amide bonds. The molecule has 2 aromatic carbocycles. The minimum absolute atomic E-state index is 0.0469. The van der Waals surface area contributed by atoms with Crippen molar-refractivity contribution in [2.75, 3.05) is 36.8 Å². The second-order valence-electron chi connectivity index (χ2n) is 8.33. The van der Waals surface area contributed by atoms with E-state index in [0.29, 0.717) is 43.4 Å². The standard InChI is InChI=1S/C25H24N6O3/c32-16-30-10-3-11-31(13-12-30)24(34)17-6-8-19(9-7-17)27-25-26-15-18-14-22(33)28-21-5-2-1-4-20(21)23(18)29-25/h1-2,4-9,15-16H,3,10-14H2,(H,28,33)(H,26,27,29). The van der Waals surface area contributed by atoms with E-state index in [9.17, 15) is 14.4 Å². The van der Waals surface area contributed by atoms with Crippen LogP contribution in [-0.2, 0) is 16.0 Å². The van der Waals surface area contributed by atoms with Crippen LogP contribution in [0.25, 0.3) is 11.3 Å². The number of nitrogens with zero attached hydrogens (tertiary/aromatic N) is 4. The van der Waals surface area contributed by atoms with Gasteiger partial charge in [-0.2, -0.15) is 0 Å². The van der Waals surface area contributed by atoms with E-state index in [-0.39, 0.29) is 18.2 Å². The number of hydrogen-bond donors (Lipinski definition) is 2. The zero-order valence-corrected chi connectivity index (χ0v) is 18.5. The van der Waals surface area contributed by atoms with Crippen molar-refractivity contribution in [3.63, 3.8) is 0 Å². The normalized spacial score (nSPS) is 15.4. The third kappa shape index (κ3) is 4.45. The van der Waals surface area contributed by atoms with Crippen LogP contribution in [0.4, 0.5) is 17.3 Å². The summed E-state index contributed by atoms with van der Waals surface area (Å²) in [6, 6.07) is 14.7. The molecule has 2 aliphatic heterocycles. The highest BCUT2D eigenvalue weighted by molar-refractivity contribution is 6.00. The maximum absolute atomic E-state index is 12.9. The molecule has 9 heteroatoms. The van der Waals surface area contributed by atoms with Gasteiger partial charge in [0.05, 0.1) is 17.8 Å². The highest BCUT2D eigenvalue weighted by Crippen LogP contribution is 2.32. The summed E-state index contributed by atoms with van der Waals surface area (Å²) >= 11 is 0. The molecule has 3 heterocycles. The molecule has 0 unspecified atom stereocenters. The number of benzene rings is 2. The lowest BCUT2D eigenvalue weighted by molar-refractivity contribution is -0.118. The van der Waals surface area contributed by atoms with E-state index in [1.165, 1.54) is 0 Å². The molecule has 1 fully saturated rings. The fourth-order valence-corrected chi connectivity index (χ4v) is 4.25. The molecule has 0 atom stereocenters. The Balaban J connectivity index is 1.33. The van der Waals surface area contributed by atoms with Gasteiger partial charge in [-0.25, -0.2) is 9.97 Å². The number of para-hydroxylation sites is 1. The van der Waals surface area contributed by atoms with Crippen molar-refractivity contribution in [3.05, 3.63) is 65.9 Å². The highest BCUT2D eigenvalue weighted by atomic mass is 16.2. The number of carbonyl (C=O) groups is 3. The molecule has 3 aromatic rings. The Kier molecular flexibility index (Phi) is 5.90. The van der Waals surface area contributed by atoms with Crippen LogP contribution in [0.15, 0.2) is 54.7 Å². The molecule has 2 N–H and O–H groups in total. The van der Waals surface area contributed by atoms with E-state index in [1.54, 1.807) is 28.1 Å². The van der Waals surface area contributed by atoms with Gasteiger partial charge in [0.15, 0.2) is 0 Å². The lowest BCUT2D eigenvalue weighted by Gasteiger charge is -2.20. The summed E-state index contributed by atoms with van der Waals surface area (Å²) in [5.74, 6) is 0.261. The number of amides is 3. The second-order valence-corrected chi connectivity index (χ2v) is 8.33. The minimum Gasteiger partial charge on any atom is -0.343 e.